The number of rotatable bonds is 32. The Kier molecular flexibility index (Phi) is 21.3. The molecule has 0 fully saturated rings. The summed E-state index contributed by atoms with van der Waals surface area (Å²) in [4.78, 5) is 23.3. The van der Waals surface area contributed by atoms with Crippen LogP contribution in [0.4, 0.5) is 0 Å². The zero-order chi connectivity index (χ0) is 43.0. The summed E-state index contributed by atoms with van der Waals surface area (Å²) < 4.78 is 49.3. The van der Waals surface area contributed by atoms with Crippen molar-refractivity contribution in [3.8, 4) is 34.5 Å². The molecule has 0 heterocycles. The molecule has 0 unspecified atom stereocenters. The highest BCUT2D eigenvalue weighted by molar-refractivity contribution is 6.26. The van der Waals surface area contributed by atoms with Crippen molar-refractivity contribution in [2.75, 3.05) is 52.9 Å². The van der Waals surface area contributed by atoms with Crippen molar-refractivity contribution in [1.82, 2.24) is 0 Å². The van der Waals surface area contributed by atoms with Gasteiger partial charge in [-0.05, 0) is 94.4 Å². The molecule has 0 saturated carbocycles. The summed E-state index contributed by atoms with van der Waals surface area (Å²) >= 11 is 0. The summed E-state index contributed by atoms with van der Waals surface area (Å²) in [7, 11) is 0. The highest BCUT2D eigenvalue weighted by atomic mass is 16.5. The predicted octanol–water partition coefficient (Wildman–Crippen LogP) is 12.4. The van der Waals surface area contributed by atoms with Crippen molar-refractivity contribution in [1.29, 1.82) is 0 Å². The van der Waals surface area contributed by atoms with E-state index in [-0.39, 0.29) is 13.2 Å². The maximum atomic E-state index is 11.7. The van der Waals surface area contributed by atoms with Gasteiger partial charge in [0, 0.05) is 25.0 Å². The van der Waals surface area contributed by atoms with Gasteiger partial charge in [-0.25, -0.2) is 9.59 Å². The van der Waals surface area contributed by atoms with Gasteiger partial charge in [0.1, 0.15) is 0 Å². The summed E-state index contributed by atoms with van der Waals surface area (Å²) in [5.41, 5.74) is 0. The molecule has 0 aliphatic rings. The summed E-state index contributed by atoms with van der Waals surface area (Å²) in [5, 5.41) is 5.76. The fraction of sp³-hybridized carbons (Fsp3) is 0.520. The zero-order valence-electron chi connectivity index (χ0n) is 36.7. The number of hydrogen-bond acceptors (Lipinski definition) is 10. The molecular formula is C50H68O10. The molecule has 0 N–H and O–H groups in total. The molecule has 60 heavy (non-hydrogen) atoms. The number of esters is 2. The standard InChI is InChI=1S/C50H68O10/c1-7-13-17-23-53-43-31-37-38(32-44(43)54-24-18-14-8-2)41-35-47(57-27-21-29-59-49(51)11-5)46(56-26-20-16-10-4)34-40(41)42-36-48(58-28-22-30-60-50(52)12-6)45(33-39(37)42)55-25-19-15-9-3/h11-12,31-36H,5-10,13-30H2,1-4H3. The van der Waals surface area contributed by atoms with E-state index >= 15 is 0 Å². The van der Waals surface area contributed by atoms with Gasteiger partial charge in [-0.1, -0.05) is 92.2 Å². The van der Waals surface area contributed by atoms with E-state index in [0.717, 1.165) is 122 Å². The fourth-order valence-corrected chi connectivity index (χ4v) is 6.78. The number of ether oxygens (including phenoxy) is 8. The Morgan fingerprint density at radius 2 is 0.583 bits per heavy atom. The van der Waals surface area contributed by atoms with Crippen molar-refractivity contribution in [2.45, 2.75) is 118 Å². The van der Waals surface area contributed by atoms with Gasteiger partial charge < -0.3 is 37.9 Å². The summed E-state index contributed by atoms with van der Waals surface area (Å²) in [6.07, 6.45) is 15.6. The van der Waals surface area contributed by atoms with Crippen molar-refractivity contribution in [2.24, 2.45) is 0 Å². The number of hydrogen-bond donors (Lipinski definition) is 0. The van der Waals surface area contributed by atoms with Crippen LogP contribution in [-0.2, 0) is 19.1 Å². The first-order valence-corrected chi connectivity index (χ1v) is 22.3. The lowest BCUT2D eigenvalue weighted by molar-refractivity contribution is -0.138. The maximum Gasteiger partial charge on any atom is 0.330 e. The Hall–Kier alpha value is -5.12. The average Bonchev–Trinajstić information content (AvgIpc) is 3.26. The van der Waals surface area contributed by atoms with Gasteiger partial charge in [0.25, 0.3) is 0 Å². The van der Waals surface area contributed by atoms with E-state index in [1.165, 1.54) is 0 Å². The number of unbranched alkanes of at least 4 members (excludes halogenated alkanes) is 8. The average molecular weight is 829 g/mol. The van der Waals surface area contributed by atoms with Gasteiger partial charge in [-0.3, -0.25) is 0 Å². The van der Waals surface area contributed by atoms with Crippen LogP contribution in [0.25, 0.3) is 32.3 Å². The van der Waals surface area contributed by atoms with Crippen LogP contribution in [0.5, 0.6) is 34.5 Å². The van der Waals surface area contributed by atoms with E-state index in [2.05, 4.69) is 65.1 Å². The lowest BCUT2D eigenvalue weighted by Gasteiger charge is -2.21. The highest BCUT2D eigenvalue weighted by Crippen LogP contribution is 2.47. The van der Waals surface area contributed by atoms with Gasteiger partial charge in [0.2, 0.25) is 0 Å². The smallest absolute Gasteiger partial charge is 0.330 e. The zero-order valence-corrected chi connectivity index (χ0v) is 36.7. The van der Waals surface area contributed by atoms with Crippen LogP contribution in [0.3, 0.4) is 0 Å². The van der Waals surface area contributed by atoms with Crippen molar-refractivity contribution in [3.63, 3.8) is 0 Å². The second kappa shape index (κ2) is 26.9. The Labute approximate surface area is 357 Å². The predicted molar refractivity (Wildman–Crippen MR) is 242 cm³/mol. The molecule has 0 atom stereocenters. The molecule has 0 spiro atoms. The Morgan fingerprint density at radius 1 is 0.367 bits per heavy atom. The molecule has 0 aliphatic heterocycles. The summed E-state index contributed by atoms with van der Waals surface area (Å²) in [6.45, 7) is 19.0. The van der Waals surface area contributed by atoms with Crippen LogP contribution in [0.15, 0.2) is 61.7 Å². The van der Waals surface area contributed by atoms with Gasteiger partial charge in [0.15, 0.2) is 34.5 Å². The van der Waals surface area contributed by atoms with Crippen LogP contribution in [0.1, 0.15) is 118 Å². The van der Waals surface area contributed by atoms with Crippen molar-refractivity contribution in [3.05, 3.63) is 61.7 Å². The molecule has 0 radical (unpaired) electrons. The van der Waals surface area contributed by atoms with E-state index in [1.54, 1.807) is 0 Å². The first kappa shape index (κ1) is 47.6. The second-order valence-electron chi connectivity index (χ2n) is 14.9. The fourth-order valence-electron chi connectivity index (χ4n) is 6.78. The molecule has 328 valence electrons. The van der Waals surface area contributed by atoms with Crippen LogP contribution in [0.2, 0.25) is 0 Å². The Bertz CT molecular complexity index is 1900. The third kappa shape index (κ3) is 14.6. The molecular weight excluding hydrogens is 761 g/mol. The first-order chi connectivity index (χ1) is 29.4. The van der Waals surface area contributed by atoms with Crippen molar-refractivity contribution >= 4 is 44.3 Å². The molecule has 4 aromatic rings. The minimum Gasteiger partial charge on any atom is -0.490 e. The van der Waals surface area contributed by atoms with Crippen LogP contribution in [0, 0.1) is 0 Å². The van der Waals surface area contributed by atoms with E-state index in [4.69, 9.17) is 37.9 Å². The number of fused-ring (bicyclic) bond motifs is 6. The van der Waals surface area contributed by atoms with Crippen molar-refractivity contribution < 1.29 is 47.5 Å². The largest absolute Gasteiger partial charge is 0.490 e. The van der Waals surface area contributed by atoms with E-state index in [9.17, 15) is 9.59 Å². The lowest BCUT2D eigenvalue weighted by atomic mass is 9.93. The lowest BCUT2D eigenvalue weighted by Crippen LogP contribution is -2.08. The molecule has 10 heteroatoms. The third-order valence-electron chi connectivity index (χ3n) is 10.1. The molecule has 4 rings (SSSR count). The van der Waals surface area contributed by atoms with E-state index in [0.29, 0.717) is 87.0 Å². The highest BCUT2D eigenvalue weighted by Gasteiger charge is 2.21. The monoisotopic (exact) mass is 828 g/mol. The molecule has 0 saturated heterocycles. The molecule has 0 bridgehead atoms. The molecule has 10 nitrogen and oxygen atoms in total. The topological polar surface area (TPSA) is 108 Å². The Balaban J connectivity index is 1.95. The number of benzene rings is 4. The van der Waals surface area contributed by atoms with Crippen LogP contribution in [-0.4, -0.2) is 64.8 Å². The number of carbonyl (C=O) groups excluding carboxylic acids is 2. The van der Waals surface area contributed by atoms with Gasteiger partial charge in [0.05, 0.1) is 52.9 Å². The second-order valence-corrected chi connectivity index (χ2v) is 14.9. The first-order valence-electron chi connectivity index (χ1n) is 22.3. The van der Waals surface area contributed by atoms with Gasteiger partial charge >= 0.3 is 11.9 Å². The van der Waals surface area contributed by atoms with E-state index < -0.39 is 11.9 Å². The quantitative estimate of drug-likeness (QED) is 0.0204. The number of carbonyl (C=O) groups is 2. The molecule has 4 aromatic carbocycles. The third-order valence-corrected chi connectivity index (χ3v) is 10.1. The molecule has 0 aliphatic carbocycles. The van der Waals surface area contributed by atoms with Gasteiger partial charge in [-0.2, -0.15) is 0 Å². The maximum absolute atomic E-state index is 11.7. The Morgan fingerprint density at radius 3 is 0.783 bits per heavy atom. The molecule has 0 aromatic heterocycles. The van der Waals surface area contributed by atoms with Crippen LogP contribution < -0.4 is 28.4 Å². The van der Waals surface area contributed by atoms with Crippen LogP contribution >= 0.6 is 0 Å². The summed E-state index contributed by atoms with van der Waals surface area (Å²) in [5.74, 6) is 2.94. The molecule has 0 amide bonds. The minimum atomic E-state index is -0.463. The van der Waals surface area contributed by atoms with Gasteiger partial charge in [-0.15, -0.1) is 0 Å². The SMILES string of the molecule is C=CC(=O)OCCCOc1cc2c3cc(OCCCCC)c(OCCCCC)cc3c3cc(OCCCCC)c(OCCCOC(=O)C=C)cc3c2cc1OCCCCC. The summed E-state index contributed by atoms with van der Waals surface area (Å²) in [6, 6.07) is 12.5. The van der Waals surface area contributed by atoms with E-state index in [1.807, 2.05) is 12.1 Å². The minimum absolute atomic E-state index is 0.209. The normalized spacial score (nSPS) is 11.1.